The van der Waals surface area contributed by atoms with Crippen molar-refractivity contribution in [1.29, 1.82) is 0 Å². The van der Waals surface area contributed by atoms with Crippen LogP contribution >= 0.6 is 11.6 Å². The molecule has 0 radical (unpaired) electrons. The van der Waals surface area contributed by atoms with Gasteiger partial charge in [0.15, 0.2) is 0 Å². The molecule has 20 heavy (non-hydrogen) atoms. The highest BCUT2D eigenvalue weighted by molar-refractivity contribution is 6.33. The molecule has 2 N–H and O–H groups in total. The Labute approximate surface area is 124 Å². The molecule has 1 aliphatic rings. The first-order valence-electron chi connectivity index (χ1n) is 6.90. The molecule has 0 aromatic heterocycles. The van der Waals surface area contributed by atoms with Gasteiger partial charge in [-0.25, -0.2) is 0 Å². The zero-order chi connectivity index (χ0) is 14.8. The third-order valence-electron chi connectivity index (χ3n) is 3.87. The molecule has 4 nitrogen and oxygen atoms in total. The van der Waals surface area contributed by atoms with Crippen LogP contribution in [0.2, 0.25) is 5.02 Å². The van der Waals surface area contributed by atoms with Crippen molar-refractivity contribution in [2.75, 3.05) is 25.0 Å². The molecule has 0 unspecified atom stereocenters. The second-order valence-corrected chi connectivity index (χ2v) is 6.15. The molecule has 110 valence electrons. The summed E-state index contributed by atoms with van der Waals surface area (Å²) in [6, 6.07) is 7.18. The van der Waals surface area contributed by atoms with E-state index in [0.717, 1.165) is 0 Å². The van der Waals surface area contributed by atoms with E-state index in [1.807, 2.05) is 26.0 Å². The number of benzene rings is 1. The van der Waals surface area contributed by atoms with E-state index < -0.39 is 5.60 Å². The molecule has 1 fully saturated rings. The largest absolute Gasteiger partial charge is 0.387 e. The number of rotatable bonds is 5. The third kappa shape index (κ3) is 3.51. The summed E-state index contributed by atoms with van der Waals surface area (Å²) in [7, 11) is 0. The van der Waals surface area contributed by atoms with Gasteiger partial charge in [-0.2, -0.15) is 0 Å². The minimum absolute atomic E-state index is 0.0573. The van der Waals surface area contributed by atoms with Gasteiger partial charge in [-0.3, -0.25) is 9.69 Å². The number of β-amino-alcohol motifs (C(OH)–C–C–N with tert-alkyl or cyclic N) is 1. The molecular formula is C15H21ClN2O2. The van der Waals surface area contributed by atoms with Gasteiger partial charge in [0.2, 0.25) is 5.91 Å². The van der Waals surface area contributed by atoms with E-state index in [2.05, 4.69) is 10.2 Å². The molecule has 0 spiro atoms. The summed E-state index contributed by atoms with van der Waals surface area (Å²) < 4.78 is 0. The highest BCUT2D eigenvalue weighted by Gasteiger charge is 2.43. The van der Waals surface area contributed by atoms with E-state index in [9.17, 15) is 9.90 Å². The first kappa shape index (κ1) is 15.3. The number of aliphatic hydroxyl groups is 1. The van der Waals surface area contributed by atoms with Crippen LogP contribution in [0.15, 0.2) is 24.3 Å². The van der Waals surface area contributed by atoms with Crippen molar-refractivity contribution in [3.05, 3.63) is 29.3 Å². The Morgan fingerprint density at radius 2 is 2.10 bits per heavy atom. The topological polar surface area (TPSA) is 52.6 Å². The first-order chi connectivity index (χ1) is 9.40. The quantitative estimate of drug-likeness (QED) is 0.877. The van der Waals surface area contributed by atoms with E-state index in [4.69, 9.17) is 11.6 Å². The van der Waals surface area contributed by atoms with Gasteiger partial charge in [0.25, 0.3) is 0 Å². The number of carbonyl (C=O) groups is 1. The summed E-state index contributed by atoms with van der Waals surface area (Å²) in [6.45, 7) is 5.97. The summed E-state index contributed by atoms with van der Waals surface area (Å²) in [4.78, 5) is 13.9. The number of amides is 1. The van der Waals surface area contributed by atoms with Crippen LogP contribution in [-0.4, -0.2) is 41.1 Å². The van der Waals surface area contributed by atoms with Crippen LogP contribution in [0.25, 0.3) is 0 Å². The van der Waals surface area contributed by atoms with Crippen LogP contribution in [0.4, 0.5) is 5.69 Å². The Morgan fingerprint density at radius 3 is 2.70 bits per heavy atom. The van der Waals surface area contributed by atoms with Crippen molar-refractivity contribution < 1.29 is 9.90 Å². The standard InChI is InChI=1S/C15H21ClN2O2/c1-11(2)15(20)9-18(10-15)8-7-14(19)17-13-6-4-3-5-12(13)16/h3-6,11,20H,7-10H2,1-2H3,(H,17,19). The second kappa shape index (κ2) is 6.12. The lowest BCUT2D eigenvalue weighted by Gasteiger charge is -2.49. The molecule has 0 aliphatic carbocycles. The molecule has 0 saturated carbocycles. The molecule has 1 saturated heterocycles. The number of likely N-dealkylation sites (tertiary alicyclic amines) is 1. The van der Waals surface area contributed by atoms with E-state index in [1.165, 1.54) is 0 Å². The van der Waals surface area contributed by atoms with Crippen molar-refractivity contribution in [3.63, 3.8) is 0 Å². The number of para-hydroxylation sites is 1. The Kier molecular flexibility index (Phi) is 4.68. The molecule has 1 aliphatic heterocycles. The van der Waals surface area contributed by atoms with Gasteiger partial charge in [0.05, 0.1) is 16.3 Å². The lowest BCUT2D eigenvalue weighted by molar-refractivity contribution is -0.132. The van der Waals surface area contributed by atoms with Crippen LogP contribution in [0.1, 0.15) is 20.3 Å². The Balaban J connectivity index is 1.74. The molecule has 5 heteroatoms. The SMILES string of the molecule is CC(C)C1(O)CN(CCC(=O)Nc2ccccc2Cl)C1. The van der Waals surface area contributed by atoms with Crippen LogP contribution in [0.5, 0.6) is 0 Å². The summed E-state index contributed by atoms with van der Waals surface area (Å²) >= 11 is 5.98. The number of nitrogens with one attached hydrogen (secondary N) is 1. The van der Waals surface area contributed by atoms with Crippen molar-refractivity contribution in [2.45, 2.75) is 25.9 Å². The summed E-state index contributed by atoms with van der Waals surface area (Å²) in [5, 5.41) is 13.5. The average molecular weight is 297 g/mol. The van der Waals surface area contributed by atoms with Gasteiger partial charge in [0, 0.05) is 26.1 Å². The Bertz CT molecular complexity index is 485. The fraction of sp³-hybridized carbons (Fsp3) is 0.533. The maximum atomic E-state index is 11.8. The molecule has 1 aromatic rings. The highest BCUT2D eigenvalue weighted by Crippen LogP contribution is 2.28. The molecule has 0 bridgehead atoms. The van der Waals surface area contributed by atoms with Gasteiger partial charge in [-0.05, 0) is 18.1 Å². The van der Waals surface area contributed by atoms with Gasteiger partial charge in [-0.1, -0.05) is 37.6 Å². The van der Waals surface area contributed by atoms with E-state index in [-0.39, 0.29) is 11.8 Å². The number of carbonyl (C=O) groups excluding carboxylic acids is 1. The van der Waals surface area contributed by atoms with Gasteiger partial charge >= 0.3 is 0 Å². The summed E-state index contributed by atoms with van der Waals surface area (Å²) in [5.41, 5.74) is 0.0561. The molecule has 1 heterocycles. The van der Waals surface area contributed by atoms with Crippen LogP contribution in [0.3, 0.4) is 0 Å². The number of halogens is 1. The number of hydrogen-bond acceptors (Lipinski definition) is 3. The highest BCUT2D eigenvalue weighted by atomic mass is 35.5. The second-order valence-electron chi connectivity index (χ2n) is 5.75. The molecule has 0 atom stereocenters. The van der Waals surface area contributed by atoms with E-state index in [0.29, 0.717) is 36.8 Å². The monoisotopic (exact) mass is 296 g/mol. The maximum Gasteiger partial charge on any atom is 0.225 e. The van der Waals surface area contributed by atoms with Crippen molar-refractivity contribution in [2.24, 2.45) is 5.92 Å². The van der Waals surface area contributed by atoms with E-state index >= 15 is 0 Å². The van der Waals surface area contributed by atoms with Crippen LogP contribution in [-0.2, 0) is 4.79 Å². The fourth-order valence-corrected chi connectivity index (χ4v) is 2.47. The first-order valence-corrected chi connectivity index (χ1v) is 7.27. The molecule has 1 aromatic carbocycles. The third-order valence-corrected chi connectivity index (χ3v) is 4.20. The van der Waals surface area contributed by atoms with Crippen LogP contribution < -0.4 is 5.32 Å². The van der Waals surface area contributed by atoms with Gasteiger partial charge < -0.3 is 10.4 Å². The lowest BCUT2D eigenvalue weighted by Crippen LogP contribution is -2.64. The molecule has 2 rings (SSSR count). The zero-order valence-corrected chi connectivity index (χ0v) is 12.7. The normalized spacial score (nSPS) is 17.9. The Morgan fingerprint density at radius 1 is 1.45 bits per heavy atom. The zero-order valence-electron chi connectivity index (χ0n) is 11.9. The minimum atomic E-state index is -0.584. The number of anilines is 1. The predicted octanol–water partition coefficient (Wildman–Crippen LogP) is 2.37. The summed E-state index contributed by atoms with van der Waals surface area (Å²) in [6.07, 6.45) is 0.402. The Hall–Kier alpha value is -1.10. The number of nitrogens with zero attached hydrogens (tertiary/aromatic N) is 1. The summed E-state index contributed by atoms with van der Waals surface area (Å²) in [5.74, 6) is 0.189. The van der Waals surface area contributed by atoms with Crippen molar-refractivity contribution in [1.82, 2.24) is 4.90 Å². The number of hydrogen-bond donors (Lipinski definition) is 2. The maximum absolute atomic E-state index is 11.8. The predicted molar refractivity (Wildman–Crippen MR) is 80.9 cm³/mol. The lowest BCUT2D eigenvalue weighted by atomic mass is 9.83. The van der Waals surface area contributed by atoms with E-state index in [1.54, 1.807) is 12.1 Å². The smallest absolute Gasteiger partial charge is 0.225 e. The molecule has 1 amide bonds. The van der Waals surface area contributed by atoms with Crippen LogP contribution in [0, 0.1) is 5.92 Å². The van der Waals surface area contributed by atoms with Crippen molar-refractivity contribution >= 4 is 23.2 Å². The molecular weight excluding hydrogens is 276 g/mol. The minimum Gasteiger partial charge on any atom is -0.387 e. The van der Waals surface area contributed by atoms with Crippen molar-refractivity contribution in [3.8, 4) is 0 Å². The van der Waals surface area contributed by atoms with Gasteiger partial charge in [-0.15, -0.1) is 0 Å². The van der Waals surface area contributed by atoms with Gasteiger partial charge in [0.1, 0.15) is 0 Å². The average Bonchev–Trinajstić information content (AvgIpc) is 2.35. The fourth-order valence-electron chi connectivity index (χ4n) is 2.29.